The van der Waals surface area contributed by atoms with Gasteiger partial charge in [-0.05, 0) is 36.4 Å². The molecule has 0 aliphatic carbocycles. The third-order valence-electron chi connectivity index (χ3n) is 4.63. The van der Waals surface area contributed by atoms with Gasteiger partial charge >= 0.3 is 6.18 Å². The molecule has 0 unspecified atom stereocenters. The number of anilines is 1. The van der Waals surface area contributed by atoms with Crippen LogP contribution in [0.15, 0.2) is 89.2 Å². The topological polar surface area (TPSA) is 103 Å². The summed E-state index contributed by atoms with van der Waals surface area (Å²) in [7, 11) is 0. The number of alkyl halides is 3. The quantitative estimate of drug-likeness (QED) is 0.282. The van der Waals surface area contributed by atoms with Crippen LogP contribution in [0, 0.1) is 10.1 Å². The maximum atomic E-state index is 13.3. The normalized spacial score (nSPS) is 11.3. The monoisotopic (exact) mass is 485 g/mol. The van der Waals surface area contributed by atoms with Gasteiger partial charge in [-0.25, -0.2) is 9.67 Å². The lowest BCUT2D eigenvalue weighted by Crippen LogP contribution is -2.16. The highest BCUT2D eigenvalue weighted by Crippen LogP contribution is 2.35. The van der Waals surface area contributed by atoms with Crippen molar-refractivity contribution >= 4 is 29.0 Å². The van der Waals surface area contributed by atoms with Gasteiger partial charge in [0.15, 0.2) is 0 Å². The van der Waals surface area contributed by atoms with Gasteiger partial charge in [-0.1, -0.05) is 30.0 Å². The molecule has 172 valence electrons. The second-order valence-corrected chi connectivity index (χ2v) is 7.99. The molecule has 0 saturated heterocycles. The molecule has 0 radical (unpaired) electrons. The molecular formula is C22H14F3N5O3S. The molecule has 3 aromatic carbocycles. The van der Waals surface area contributed by atoms with Crippen molar-refractivity contribution < 1.29 is 22.9 Å². The van der Waals surface area contributed by atoms with E-state index in [1.165, 1.54) is 41.2 Å². The number of nitro benzene ring substituents is 1. The molecule has 0 atom stereocenters. The number of amides is 1. The summed E-state index contributed by atoms with van der Waals surface area (Å²) in [6, 6.07) is 15.5. The van der Waals surface area contributed by atoms with E-state index in [9.17, 15) is 28.1 Å². The maximum absolute atomic E-state index is 13.3. The number of carbonyl (C=O) groups is 1. The van der Waals surface area contributed by atoms with E-state index in [-0.39, 0.29) is 22.6 Å². The molecule has 8 nitrogen and oxygen atoms in total. The predicted molar refractivity (Wildman–Crippen MR) is 118 cm³/mol. The molecule has 0 aliphatic heterocycles. The van der Waals surface area contributed by atoms with E-state index in [4.69, 9.17) is 0 Å². The number of non-ortho nitro benzene ring substituents is 1. The summed E-state index contributed by atoms with van der Waals surface area (Å²) in [5, 5.41) is 17.7. The number of benzene rings is 3. The van der Waals surface area contributed by atoms with Gasteiger partial charge in [0.1, 0.15) is 12.7 Å². The summed E-state index contributed by atoms with van der Waals surface area (Å²) < 4.78 is 41.2. The molecule has 0 fully saturated rings. The Kier molecular flexibility index (Phi) is 6.32. The molecule has 1 aromatic heterocycles. The van der Waals surface area contributed by atoms with Gasteiger partial charge in [-0.2, -0.15) is 18.3 Å². The van der Waals surface area contributed by atoms with E-state index in [2.05, 4.69) is 15.4 Å². The smallest absolute Gasteiger partial charge is 0.320 e. The predicted octanol–water partition coefficient (Wildman–Crippen LogP) is 5.60. The first-order valence-corrected chi connectivity index (χ1v) is 10.4. The van der Waals surface area contributed by atoms with Crippen LogP contribution in [-0.4, -0.2) is 25.6 Å². The summed E-state index contributed by atoms with van der Waals surface area (Å²) in [6.45, 7) is 0. The van der Waals surface area contributed by atoms with Crippen molar-refractivity contribution in [2.24, 2.45) is 0 Å². The fourth-order valence-electron chi connectivity index (χ4n) is 3.05. The van der Waals surface area contributed by atoms with Crippen LogP contribution in [-0.2, 0) is 6.18 Å². The van der Waals surface area contributed by atoms with Crippen molar-refractivity contribution in [1.29, 1.82) is 0 Å². The molecule has 12 heteroatoms. The van der Waals surface area contributed by atoms with Crippen molar-refractivity contribution in [1.82, 2.24) is 14.8 Å². The van der Waals surface area contributed by atoms with E-state index in [1.807, 2.05) is 6.07 Å². The lowest BCUT2D eigenvalue weighted by Gasteiger charge is -2.15. The van der Waals surface area contributed by atoms with Gasteiger partial charge in [-0.3, -0.25) is 14.9 Å². The van der Waals surface area contributed by atoms with E-state index < -0.39 is 22.6 Å². The SMILES string of the molecule is O=C(Nc1cc(C(F)(F)F)ccc1-n1cncn1)c1cc([N+](=O)[O-])ccc1Sc1ccccc1. The third kappa shape index (κ3) is 5.07. The van der Waals surface area contributed by atoms with Crippen molar-refractivity contribution in [2.75, 3.05) is 5.32 Å². The molecule has 0 bridgehead atoms. The number of carbonyl (C=O) groups excluding carboxylic acids is 1. The number of nitrogens with zero attached hydrogens (tertiary/aromatic N) is 4. The third-order valence-corrected chi connectivity index (χ3v) is 5.71. The Morgan fingerprint density at radius 2 is 1.82 bits per heavy atom. The molecule has 1 heterocycles. The van der Waals surface area contributed by atoms with E-state index >= 15 is 0 Å². The Hall–Kier alpha value is -4.19. The van der Waals surface area contributed by atoms with Gasteiger partial charge < -0.3 is 5.32 Å². The highest BCUT2D eigenvalue weighted by Gasteiger charge is 2.31. The fraction of sp³-hybridized carbons (Fsp3) is 0.0455. The van der Waals surface area contributed by atoms with Crippen LogP contribution in [0.3, 0.4) is 0 Å². The summed E-state index contributed by atoms with van der Waals surface area (Å²) in [6.07, 6.45) is -2.19. The number of hydrogen-bond acceptors (Lipinski definition) is 6. The second kappa shape index (κ2) is 9.35. The van der Waals surface area contributed by atoms with Gasteiger partial charge in [-0.15, -0.1) is 0 Å². The van der Waals surface area contributed by atoms with Gasteiger partial charge in [0, 0.05) is 21.9 Å². The van der Waals surface area contributed by atoms with Gasteiger partial charge in [0.2, 0.25) is 0 Å². The summed E-state index contributed by atoms with van der Waals surface area (Å²) in [5.74, 6) is -0.817. The molecule has 1 amide bonds. The number of nitro groups is 1. The second-order valence-electron chi connectivity index (χ2n) is 6.88. The number of rotatable bonds is 6. The lowest BCUT2D eigenvalue weighted by atomic mass is 10.1. The Morgan fingerprint density at radius 1 is 1.06 bits per heavy atom. The fourth-order valence-corrected chi connectivity index (χ4v) is 3.99. The minimum Gasteiger partial charge on any atom is -0.320 e. The molecule has 4 rings (SSSR count). The molecule has 0 spiro atoms. The van der Waals surface area contributed by atoms with Crippen LogP contribution >= 0.6 is 11.8 Å². The minimum atomic E-state index is -4.65. The van der Waals surface area contributed by atoms with Crippen LogP contribution < -0.4 is 5.32 Å². The highest BCUT2D eigenvalue weighted by molar-refractivity contribution is 7.99. The molecule has 34 heavy (non-hydrogen) atoms. The molecule has 4 aromatic rings. The number of hydrogen-bond donors (Lipinski definition) is 1. The summed E-state index contributed by atoms with van der Waals surface area (Å²) >= 11 is 1.19. The summed E-state index contributed by atoms with van der Waals surface area (Å²) in [5.41, 5.74) is -1.42. The Labute approximate surface area is 194 Å². The van der Waals surface area contributed by atoms with Crippen molar-refractivity contribution in [2.45, 2.75) is 16.0 Å². The average Bonchev–Trinajstić information content (AvgIpc) is 3.34. The first-order valence-electron chi connectivity index (χ1n) is 9.61. The van der Waals surface area contributed by atoms with Crippen molar-refractivity contribution in [3.05, 3.63) is 101 Å². The molecule has 1 N–H and O–H groups in total. The summed E-state index contributed by atoms with van der Waals surface area (Å²) in [4.78, 5) is 28.8. The molecular weight excluding hydrogens is 471 g/mol. The van der Waals surface area contributed by atoms with Crippen LogP contribution in [0.1, 0.15) is 15.9 Å². The number of aromatic nitrogens is 3. The van der Waals surface area contributed by atoms with Crippen LogP contribution in [0.2, 0.25) is 0 Å². The first-order chi connectivity index (χ1) is 16.2. The van der Waals surface area contributed by atoms with Gasteiger partial charge in [0.25, 0.3) is 11.6 Å². The number of nitrogens with one attached hydrogen (secondary N) is 1. The molecule has 0 aliphatic rings. The van der Waals surface area contributed by atoms with E-state index in [0.717, 1.165) is 29.2 Å². The van der Waals surface area contributed by atoms with Crippen molar-refractivity contribution in [3.8, 4) is 5.69 Å². The first kappa shape index (κ1) is 23.0. The Balaban J connectivity index is 1.76. The van der Waals surface area contributed by atoms with Crippen LogP contribution in [0.4, 0.5) is 24.5 Å². The maximum Gasteiger partial charge on any atom is 0.416 e. The van der Waals surface area contributed by atoms with Crippen LogP contribution in [0.25, 0.3) is 5.69 Å². The lowest BCUT2D eigenvalue weighted by molar-refractivity contribution is -0.384. The van der Waals surface area contributed by atoms with E-state index in [0.29, 0.717) is 4.90 Å². The zero-order chi connectivity index (χ0) is 24.3. The standard InChI is InChI=1S/C22H14F3N5O3S/c23-22(24,25)14-6-8-19(29-13-26-12-27-29)18(10-14)28-21(31)17-11-15(30(32)33)7-9-20(17)34-16-4-2-1-3-5-16/h1-13H,(H,28,31). The zero-order valence-corrected chi connectivity index (χ0v) is 17.9. The Morgan fingerprint density at radius 3 is 2.47 bits per heavy atom. The zero-order valence-electron chi connectivity index (χ0n) is 17.1. The van der Waals surface area contributed by atoms with Gasteiger partial charge in [0.05, 0.1) is 27.4 Å². The van der Waals surface area contributed by atoms with Crippen molar-refractivity contribution in [3.63, 3.8) is 0 Å². The van der Waals surface area contributed by atoms with Crippen LogP contribution in [0.5, 0.6) is 0 Å². The average molecular weight is 485 g/mol. The molecule has 0 saturated carbocycles. The largest absolute Gasteiger partial charge is 0.416 e. The minimum absolute atomic E-state index is 0.0648. The van der Waals surface area contributed by atoms with E-state index in [1.54, 1.807) is 24.3 Å². The highest BCUT2D eigenvalue weighted by atomic mass is 32.2. The number of halogens is 3. The Bertz CT molecular complexity index is 1350.